The van der Waals surface area contributed by atoms with Crippen molar-refractivity contribution >= 4 is 5.91 Å². The van der Waals surface area contributed by atoms with Crippen molar-refractivity contribution in [2.75, 3.05) is 7.11 Å². The number of phenolic OH excluding ortho intramolecular Hbond substituents is 1. The van der Waals surface area contributed by atoms with E-state index >= 15 is 0 Å². The van der Waals surface area contributed by atoms with E-state index in [4.69, 9.17) is 4.74 Å². The molecule has 20 heavy (non-hydrogen) atoms. The van der Waals surface area contributed by atoms with Gasteiger partial charge in [-0.2, -0.15) is 0 Å². The Bertz CT molecular complexity index is 623. The maximum absolute atomic E-state index is 12.1. The zero-order chi connectivity index (χ0) is 14.5. The van der Waals surface area contributed by atoms with Gasteiger partial charge in [-0.25, -0.2) is 0 Å². The van der Waals surface area contributed by atoms with Crippen LogP contribution in [0.25, 0.3) is 0 Å². The number of amides is 1. The second-order valence-electron chi connectivity index (χ2n) is 4.47. The topological polar surface area (TPSA) is 58.6 Å². The minimum absolute atomic E-state index is 0.141. The summed E-state index contributed by atoms with van der Waals surface area (Å²) in [6.07, 6.45) is 0. The van der Waals surface area contributed by atoms with Gasteiger partial charge in [-0.3, -0.25) is 4.79 Å². The minimum atomic E-state index is -0.329. The lowest BCUT2D eigenvalue weighted by atomic mass is 10.1. The summed E-state index contributed by atoms with van der Waals surface area (Å²) in [6.45, 7) is 2.41. The Balaban J connectivity index is 2.12. The van der Waals surface area contributed by atoms with Crippen LogP contribution in [-0.4, -0.2) is 18.1 Å². The highest BCUT2D eigenvalue weighted by atomic mass is 16.5. The van der Waals surface area contributed by atoms with Crippen LogP contribution in [-0.2, 0) is 6.54 Å². The molecule has 0 spiro atoms. The average Bonchev–Trinajstić information content (AvgIpc) is 2.46. The first-order valence-corrected chi connectivity index (χ1v) is 6.32. The molecule has 2 N–H and O–H groups in total. The van der Waals surface area contributed by atoms with Gasteiger partial charge < -0.3 is 15.2 Å². The van der Waals surface area contributed by atoms with E-state index in [-0.39, 0.29) is 23.0 Å². The smallest absolute Gasteiger partial charge is 0.255 e. The molecule has 0 heterocycles. The second-order valence-corrected chi connectivity index (χ2v) is 4.47. The first-order chi connectivity index (χ1) is 9.63. The lowest BCUT2D eigenvalue weighted by Gasteiger charge is -2.10. The molecular weight excluding hydrogens is 254 g/mol. The van der Waals surface area contributed by atoms with Crippen LogP contribution < -0.4 is 10.1 Å². The molecule has 2 rings (SSSR count). The molecule has 4 nitrogen and oxygen atoms in total. The standard InChI is InChI=1S/C16H17NO3/c1-11-6-3-4-7-12(11)10-17-16(19)13-8-5-9-14(20-2)15(13)18/h3-9,18H,10H2,1-2H3,(H,17,19). The van der Waals surface area contributed by atoms with Crippen LogP contribution in [0.1, 0.15) is 21.5 Å². The molecule has 0 radical (unpaired) electrons. The van der Waals surface area contributed by atoms with Crippen LogP contribution in [0.5, 0.6) is 11.5 Å². The predicted molar refractivity (Wildman–Crippen MR) is 77.0 cm³/mol. The molecule has 0 unspecified atom stereocenters. The quantitative estimate of drug-likeness (QED) is 0.898. The van der Waals surface area contributed by atoms with Crippen molar-refractivity contribution in [1.29, 1.82) is 0 Å². The fourth-order valence-electron chi connectivity index (χ4n) is 1.95. The number of hydrogen-bond acceptors (Lipinski definition) is 3. The van der Waals surface area contributed by atoms with Crippen molar-refractivity contribution < 1.29 is 14.6 Å². The van der Waals surface area contributed by atoms with Gasteiger partial charge in [0.05, 0.1) is 12.7 Å². The van der Waals surface area contributed by atoms with E-state index in [1.165, 1.54) is 7.11 Å². The molecule has 0 bridgehead atoms. The maximum Gasteiger partial charge on any atom is 0.255 e. The summed E-state index contributed by atoms with van der Waals surface area (Å²) < 4.78 is 4.99. The SMILES string of the molecule is COc1cccc(C(=O)NCc2ccccc2C)c1O. The lowest BCUT2D eigenvalue weighted by molar-refractivity contribution is 0.0947. The third kappa shape index (κ3) is 2.91. The Morgan fingerprint density at radius 1 is 1.20 bits per heavy atom. The van der Waals surface area contributed by atoms with Crippen molar-refractivity contribution in [3.63, 3.8) is 0 Å². The van der Waals surface area contributed by atoms with Crippen LogP contribution in [0.2, 0.25) is 0 Å². The molecule has 0 aromatic heterocycles. The highest BCUT2D eigenvalue weighted by Gasteiger charge is 2.14. The number of aromatic hydroxyl groups is 1. The van der Waals surface area contributed by atoms with Crippen LogP contribution in [0.4, 0.5) is 0 Å². The van der Waals surface area contributed by atoms with Gasteiger partial charge in [0.2, 0.25) is 0 Å². The van der Waals surface area contributed by atoms with Gasteiger partial charge in [0.25, 0.3) is 5.91 Å². The molecule has 0 aliphatic carbocycles. The molecular formula is C16H17NO3. The largest absolute Gasteiger partial charge is 0.504 e. The normalized spacial score (nSPS) is 10.1. The van der Waals surface area contributed by atoms with Gasteiger partial charge in [0, 0.05) is 6.54 Å². The number of para-hydroxylation sites is 1. The Kier molecular flexibility index (Phi) is 4.25. The molecule has 1 amide bonds. The Labute approximate surface area is 118 Å². The minimum Gasteiger partial charge on any atom is -0.504 e. The van der Waals surface area contributed by atoms with Gasteiger partial charge in [-0.15, -0.1) is 0 Å². The molecule has 0 saturated heterocycles. The number of hydrogen-bond donors (Lipinski definition) is 2. The van der Waals surface area contributed by atoms with E-state index in [2.05, 4.69) is 5.32 Å². The first-order valence-electron chi connectivity index (χ1n) is 6.32. The van der Waals surface area contributed by atoms with Gasteiger partial charge in [0.15, 0.2) is 11.5 Å². The Morgan fingerprint density at radius 2 is 1.95 bits per heavy atom. The summed E-state index contributed by atoms with van der Waals surface area (Å²) in [5.41, 5.74) is 2.36. The number of carbonyl (C=O) groups excluding carboxylic acids is 1. The zero-order valence-corrected chi connectivity index (χ0v) is 11.5. The van der Waals surface area contributed by atoms with E-state index < -0.39 is 0 Å². The number of methoxy groups -OCH3 is 1. The molecule has 0 saturated carbocycles. The summed E-state index contributed by atoms with van der Waals surface area (Å²) >= 11 is 0. The zero-order valence-electron chi connectivity index (χ0n) is 11.5. The molecule has 2 aromatic rings. The third-order valence-electron chi connectivity index (χ3n) is 3.16. The number of rotatable bonds is 4. The second kappa shape index (κ2) is 6.10. The molecule has 4 heteroatoms. The van der Waals surface area contributed by atoms with Crippen molar-refractivity contribution in [2.24, 2.45) is 0 Å². The van der Waals surface area contributed by atoms with E-state index in [1.807, 2.05) is 31.2 Å². The van der Waals surface area contributed by atoms with E-state index in [1.54, 1.807) is 18.2 Å². The monoisotopic (exact) mass is 271 g/mol. The van der Waals surface area contributed by atoms with Crippen molar-refractivity contribution in [3.8, 4) is 11.5 Å². The van der Waals surface area contributed by atoms with Crippen LogP contribution in [0.3, 0.4) is 0 Å². The van der Waals surface area contributed by atoms with E-state index in [9.17, 15) is 9.90 Å². The van der Waals surface area contributed by atoms with Crippen molar-refractivity contribution in [3.05, 3.63) is 59.2 Å². The van der Waals surface area contributed by atoms with E-state index in [0.717, 1.165) is 11.1 Å². The van der Waals surface area contributed by atoms with Crippen molar-refractivity contribution in [1.82, 2.24) is 5.32 Å². The van der Waals surface area contributed by atoms with Gasteiger partial charge in [0.1, 0.15) is 0 Å². The molecule has 0 atom stereocenters. The number of carbonyl (C=O) groups is 1. The summed E-state index contributed by atoms with van der Waals surface area (Å²) in [6, 6.07) is 12.7. The molecule has 0 aliphatic heterocycles. The predicted octanol–water partition coefficient (Wildman–Crippen LogP) is 2.64. The maximum atomic E-state index is 12.1. The fourth-order valence-corrected chi connectivity index (χ4v) is 1.95. The highest BCUT2D eigenvalue weighted by molar-refractivity contribution is 5.97. The van der Waals surface area contributed by atoms with Gasteiger partial charge in [-0.05, 0) is 30.2 Å². The summed E-state index contributed by atoms with van der Waals surface area (Å²) in [7, 11) is 1.45. The van der Waals surface area contributed by atoms with Crippen LogP contribution in [0.15, 0.2) is 42.5 Å². The number of phenols is 1. The molecule has 0 aliphatic rings. The van der Waals surface area contributed by atoms with Gasteiger partial charge >= 0.3 is 0 Å². The number of ether oxygens (including phenoxy) is 1. The Hall–Kier alpha value is -2.49. The van der Waals surface area contributed by atoms with Crippen LogP contribution in [0, 0.1) is 6.92 Å². The van der Waals surface area contributed by atoms with Gasteiger partial charge in [-0.1, -0.05) is 30.3 Å². The Morgan fingerprint density at radius 3 is 2.65 bits per heavy atom. The van der Waals surface area contributed by atoms with Crippen molar-refractivity contribution in [2.45, 2.75) is 13.5 Å². The molecule has 2 aromatic carbocycles. The fraction of sp³-hybridized carbons (Fsp3) is 0.188. The molecule has 0 fully saturated rings. The third-order valence-corrected chi connectivity index (χ3v) is 3.16. The summed E-state index contributed by atoms with van der Waals surface area (Å²) in [5.74, 6) is -0.185. The highest BCUT2D eigenvalue weighted by Crippen LogP contribution is 2.29. The summed E-state index contributed by atoms with van der Waals surface area (Å²) in [5, 5.41) is 12.7. The average molecular weight is 271 g/mol. The van der Waals surface area contributed by atoms with Crippen LogP contribution >= 0.6 is 0 Å². The lowest BCUT2D eigenvalue weighted by Crippen LogP contribution is -2.23. The summed E-state index contributed by atoms with van der Waals surface area (Å²) in [4.78, 5) is 12.1. The number of nitrogens with one attached hydrogen (secondary N) is 1. The molecule has 104 valence electrons. The number of benzene rings is 2. The van der Waals surface area contributed by atoms with E-state index in [0.29, 0.717) is 6.54 Å². The first kappa shape index (κ1) is 13.9. The number of aryl methyl sites for hydroxylation is 1.